The first-order chi connectivity index (χ1) is 7.75. The maximum Gasteiger partial charge on any atom is 0.0717 e. The van der Waals surface area contributed by atoms with Crippen molar-refractivity contribution in [1.82, 2.24) is 5.32 Å². The Balaban J connectivity index is 1.78. The maximum absolute atomic E-state index is 5.74. The fourth-order valence-electron chi connectivity index (χ4n) is 2.11. The Kier molecular flexibility index (Phi) is 3.97. The molecule has 0 radical (unpaired) electrons. The fraction of sp³-hybridized carbons (Fsp3) is 0.571. The standard InChI is InChI=1S/C14H21NO/c1-11-5-6-13(8-12(11)2)9-16-10-14-4-3-7-15-14/h5-6,8,14-15H,3-4,7,9-10H2,1-2H3. The minimum Gasteiger partial charge on any atom is -0.375 e. The van der Waals surface area contributed by atoms with Crippen LogP contribution in [0.2, 0.25) is 0 Å². The van der Waals surface area contributed by atoms with E-state index in [1.54, 1.807) is 0 Å². The Morgan fingerprint density at radius 3 is 2.88 bits per heavy atom. The van der Waals surface area contributed by atoms with Crippen LogP contribution in [0.4, 0.5) is 0 Å². The number of ether oxygens (including phenoxy) is 1. The van der Waals surface area contributed by atoms with Crippen LogP contribution in [0.3, 0.4) is 0 Å². The van der Waals surface area contributed by atoms with Crippen LogP contribution in [-0.2, 0) is 11.3 Å². The van der Waals surface area contributed by atoms with E-state index < -0.39 is 0 Å². The second-order valence-corrected chi connectivity index (χ2v) is 4.73. The summed E-state index contributed by atoms with van der Waals surface area (Å²) < 4.78 is 5.74. The van der Waals surface area contributed by atoms with Gasteiger partial charge in [-0.3, -0.25) is 0 Å². The number of benzene rings is 1. The Morgan fingerprint density at radius 2 is 2.19 bits per heavy atom. The molecule has 2 heteroatoms. The number of hydrogen-bond acceptors (Lipinski definition) is 2. The Bertz CT molecular complexity index is 343. The lowest BCUT2D eigenvalue weighted by molar-refractivity contribution is 0.103. The van der Waals surface area contributed by atoms with Gasteiger partial charge >= 0.3 is 0 Å². The topological polar surface area (TPSA) is 21.3 Å². The molecule has 1 aromatic rings. The van der Waals surface area contributed by atoms with Crippen molar-refractivity contribution < 1.29 is 4.74 Å². The van der Waals surface area contributed by atoms with Crippen LogP contribution in [0.15, 0.2) is 18.2 Å². The van der Waals surface area contributed by atoms with E-state index in [1.165, 1.54) is 29.5 Å². The highest BCUT2D eigenvalue weighted by Crippen LogP contribution is 2.11. The Labute approximate surface area is 98.0 Å². The van der Waals surface area contributed by atoms with Gasteiger partial charge in [-0.25, -0.2) is 0 Å². The largest absolute Gasteiger partial charge is 0.375 e. The molecule has 2 rings (SSSR count). The van der Waals surface area contributed by atoms with E-state index in [0.29, 0.717) is 6.04 Å². The minimum atomic E-state index is 0.576. The van der Waals surface area contributed by atoms with Crippen LogP contribution in [-0.4, -0.2) is 19.2 Å². The van der Waals surface area contributed by atoms with Gasteiger partial charge in [0.15, 0.2) is 0 Å². The highest BCUT2D eigenvalue weighted by Gasteiger charge is 2.13. The van der Waals surface area contributed by atoms with E-state index in [1.807, 2.05) is 0 Å². The summed E-state index contributed by atoms with van der Waals surface area (Å²) in [5.41, 5.74) is 3.97. The second-order valence-electron chi connectivity index (χ2n) is 4.73. The molecule has 1 N–H and O–H groups in total. The lowest BCUT2D eigenvalue weighted by atomic mass is 10.1. The van der Waals surface area contributed by atoms with Crippen molar-refractivity contribution >= 4 is 0 Å². The average Bonchev–Trinajstić information content (AvgIpc) is 2.76. The second kappa shape index (κ2) is 5.46. The predicted octanol–water partition coefficient (Wildman–Crippen LogP) is 2.57. The molecule has 0 saturated carbocycles. The van der Waals surface area contributed by atoms with Gasteiger partial charge in [-0.2, -0.15) is 0 Å². The molecule has 0 bridgehead atoms. The molecule has 0 amide bonds. The van der Waals surface area contributed by atoms with Crippen molar-refractivity contribution in [3.05, 3.63) is 34.9 Å². The lowest BCUT2D eigenvalue weighted by Crippen LogP contribution is -2.26. The average molecular weight is 219 g/mol. The number of rotatable bonds is 4. The monoisotopic (exact) mass is 219 g/mol. The molecule has 16 heavy (non-hydrogen) atoms. The predicted molar refractivity (Wildman–Crippen MR) is 66.6 cm³/mol. The molecule has 88 valence electrons. The van der Waals surface area contributed by atoms with Gasteiger partial charge in [0.05, 0.1) is 13.2 Å². The van der Waals surface area contributed by atoms with Crippen LogP contribution in [0.5, 0.6) is 0 Å². The molecule has 1 atom stereocenters. The summed E-state index contributed by atoms with van der Waals surface area (Å²) in [6, 6.07) is 7.12. The molecule has 0 spiro atoms. The van der Waals surface area contributed by atoms with Crippen molar-refractivity contribution in [2.75, 3.05) is 13.2 Å². The van der Waals surface area contributed by atoms with E-state index in [-0.39, 0.29) is 0 Å². The van der Waals surface area contributed by atoms with Gasteiger partial charge in [0, 0.05) is 6.04 Å². The van der Waals surface area contributed by atoms with Crippen LogP contribution >= 0.6 is 0 Å². The van der Waals surface area contributed by atoms with Crippen molar-refractivity contribution in [3.8, 4) is 0 Å². The highest BCUT2D eigenvalue weighted by atomic mass is 16.5. The molecular formula is C14H21NO. The maximum atomic E-state index is 5.74. The molecule has 1 saturated heterocycles. The molecule has 1 aromatic carbocycles. The van der Waals surface area contributed by atoms with Gasteiger partial charge in [0.25, 0.3) is 0 Å². The normalized spacial score (nSPS) is 20.2. The summed E-state index contributed by atoms with van der Waals surface area (Å²) in [6.45, 7) is 7.02. The summed E-state index contributed by atoms with van der Waals surface area (Å²) in [5, 5.41) is 3.44. The van der Waals surface area contributed by atoms with Crippen LogP contribution in [0, 0.1) is 13.8 Å². The number of hydrogen-bond donors (Lipinski definition) is 1. The van der Waals surface area contributed by atoms with E-state index in [4.69, 9.17) is 4.74 Å². The van der Waals surface area contributed by atoms with Crippen molar-refractivity contribution in [3.63, 3.8) is 0 Å². The first-order valence-electron chi connectivity index (χ1n) is 6.13. The minimum absolute atomic E-state index is 0.576. The van der Waals surface area contributed by atoms with Gasteiger partial charge in [0.1, 0.15) is 0 Å². The quantitative estimate of drug-likeness (QED) is 0.840. The molecular weight excluding hydrogens is 198 g/mol. The summed E-state index contributed by atoms with van der Waals surface area (Å²) in [4.78, 5) is 0. The van der Waals surface area contributed by atoms with E-state index in [0.717, 1.165) is 19.8 Å². The highest BCUT2D eigenvalue weighted by molar-refractivity contribution is 5.29. The number of aryl methyl sites for hydroxylation is 2. The van der Waals surface area contributed by atoms with Crippen molar-refractivity contribution in [2.24, 2.45) is 0 Å². The van der Waals surface area contributed by atoms with Crippen LogP contribution < -0.4 is 5.32 Å². The summed E-state index contributed by atoms with van der Waals surface area (Å²) in [7, 11) is 0. The Hall–Kier alpha value is -0.860. The SMILES string of the molecule is Cc1ccc(COCC2CCCN2)cc1C. The van der Waals surface area contributed by atoms with Crippen LogP contribution in [0.1, 0.15) is 29.5 Å². The third-order valence-corrected chi connectivity index (χ3v) is 3.32. The molecule has 0 aliphatic carbocycles. The van der Waals surface area contributed by atoms with Gasteiger partial charge in [0.2, 0.25) is 0 Å². The van der Waals surface area contributed by atoms with Gasteiger partial charge < -0.3 is 10.1 Å². The molecule has 1 fully saturated rings. The third kappa shape index (κ3) is 3.06. The fourth-order valence-corrected chi connectivity index (χ4v) is 2.11. The smallest absolute Gasteiger partial charge is 0.0717 e. The van der Waals surface area contributed by atoms with Crippen molar-refractivity contribution in [1.29, 1.82) is 0 Å². The van der Waals surface area contributed by atoms with E-state index in [2.05, 4.69) is 37.4 Å². The number of nitrogens with one attached hydrogen (secondary N) is 1. The van der Waals surface area contributed by atoms with Crippen molar-refractivity contribution in [2.45, 2.75) is 39.3 Å². The summed E-state index contributed by atoms with van der Waals surface area (Å²) >= 11 is 0. The molecule has 0 aromatic heterocycles. The first kappa shape index (κ1) is 11.6. The first-order valence-corrected chi connectivity index (χ1v) is 6.13. The molecule has 1 aliphatic heterocycles. The molecule has 1 heterocycles. The van der Waals surface area contributed by atoms with Gasteiger partial charge in [-0.1, -0.05) is 18.2 Å². The molecule has 2 nitrogen and oxygen atoms in total. The summed E-state index contributed by atoms with van der Waals surface area (Å²) in [6.07, 6.45) is 2.55. The third-order valence-electron chi connectivity index (χ3n) is 3.32. The zero-order chi connectivity index (χ0) is 11.4. The van der Waals surface area contributed by atoms with Gasteiger partial charge in [-0.15, -0.1) is 0 Å². The Morgan fingerprint density at radius 1 is 1.31 bits per heavy atom. The summed E-state index contributed by atoms with van der Waals surface area (Å²) in [5.74, 6) is 0. The van der Waals surface area contributed by atoms with E-state index in [9.17, 15) is 0 Å². The molecule has 1 unspecified atom stereocenters. The van der Waals surface area contributed by atoms with Crippen LogP contribution in [0.25, 0.3) is 0 Å². The zero-order valence-electron chi connectivity index (χ0n) is 10.3. The van der Waals surface area contributed by atoms with Gasteiger partial charge in [-0.05, 0) is 49.9 Å². The molecule has 1 aliphatic rings. The zero-order valence-corrected chi connectivity index (χ0v) is 10.3. The van der Waals surface area contributed by atoms with E-state index >= 15 is 0 Å². The lowest BCUT2D eigenvalue weighted by Gasteiger charge is -2.11.